The van der Waals surface area contributed by atoms with Crippen LogP contribution >= 0.6 is 0 Å². The number of nitrogens with two attached hydrogens (primary N) is 2. The van der Waals surface area contributed by atoms with Crippen LogP contribution < -0.4 is 38.1 Å². The van der Waals surface area contributed by atoms with Gasteiger partial charge in [0.15, 0.2) is 0 Å². The smallest absolute Gasteiger partial charge is 0.328 e. The molecule has 0 bridgehead atoms. The number of aliphatic hydroxyl groups is 3. The Morgan fingerprint density at radius 1 is 0.547 bits per heavy atom. The molecule has 0 aromatic rings. The minimum atomic E-state index is -1.70. The molecule has 0 aliphatic carbocycles. The van der Waals surface area contributed by atoms with Gasteiger partial charge in [0.2, 0.25) is 29.5 Å². The van der Waals surface area contributed by atoms with Crippen molar-refractivity contribution in [3.8, 4) is 0 Å². The van der Waals surface area contributed by atoms with Gasteiger partial charge in [0.1, 0.15) is 30.2 Å². The van der Waals surface area contributed by atoms with Gasteiger partial charge < -0.3 is 58.5 Å². The lowest BCUT2D eigenvalue weighted by Gasteiger charge is -2.28. The highest BCUT2D eigenvalue weighted by atomic mass is 16.4. The van der Waals surface area contributed by atoms with E-state index in [0.29, 0.717) is 25.8 Å². The molecule has 13 N–H and O–H groups in total. The van der Waals surface area contributed by atoms with Crippen LogP contribution in [0.15, 0.2) is 0 Å². The summed E-state index contributed by atoms with van der Waals surface area (Å²) in [4.78, 5) is 76.1. The topological polar surface area (TPSA) is 296 Å². The molecule has 0 aliphatic rings. The molecule has 0 saturated heterocycles. The van der Waals surface area contributed by atoms with Crippen LogP contribution in [0.5, 0.6) is 0 Å². The quantitative estimate of drug-likeness (QED) is 0.0398. The first-order chi connectivity index (χ1) is 25.2. The number of hydrogen-bond donors (Lipinski definition) is 11. The summed E-state index contributed by atoms with van der Waals surface area (Å²) in [6, 6.07) is -7.51. The maximum absolute atomic E-state index is 13.4. The molecule has 53 heavy (non-hydrogen) atoms. The molecule has 308 valence electrons. The molecular formula is C36H69N7O10. The highest BCUT2D eigenvalue weighted by molar-refractivity contribution is 5.96. The molecule has 17 heteroatoms. The predicted octanol–water partition coefficient (Wildman–Crippen LogP) is -0.182. The third-order valence-corrected chi connectivity index (χ3v) is 8.90. The number of carboxylic acid groups (broad SMARTS) is 1. The molecule has 7 atom stereocenters. The number of hydrogen-bond acceptors (Lipinski definition) is 11. The fourth-order valence-corrected chi connectivity index (χ4v) is 5.59. The Labute approximate surface area is 314 Å². The van der Waals surface area contributed by atoms with Gasteiger partial charge in [0.25, 0.3) is 0 Å². The highest BCUT2D eigenvalue weighted by Gasteiger charge is 2.35. The van der Waals surface area contributed by atoms with E-state index in [2.05, 4.69) is 28.2 Å². The second kappa shape index (κ2) is 30.0. The van der Waals surface area contributed by atoms with Crippen LogP contribution in [-0.4, -0.2) is 118 Å². The zero-order valence-electron chi connectivity index (χ0n) is 32.1. The van der Waals surface area contributed by atoms with Crippen molar-refractivity contribution in [3.05, 3.63) is 0 Å². The number of rotatable bonds is 32. The first kappa shape index (κ1) is 49.6. The molecule has 0 heterocycles. The molecule has 17 nitrogen and oxygen atoms in total. The minimum absolute atomic E-state index is 0.224. The fourth-order valence-electron chi connectivity index (χ4n) is 5.59. The van der Waals surface area contributed by atoms with Crippen molar-refractivity contribution in [2.75, 3.05) is 19.7 Å². The SMILES string of the molecule is CCCCCCCCCCCCCCCC(=O)N[C@@H](CCCCN)C(=O)N[C@H](C(=O)N[C@H](C(=O)N[C@@H](CN)C(=O)N[C@@H](CO)C(=O)O)[C@@H](C)O)[C@@H](C)O. The van der Waals surface area contributed by atoms with Crippen LogP contribution in [0, 0.1) is 0 Å². The number of amides is 5. The first-order valence-corrected chi connectivity index (χ1v) is 19.3. The molecule has 0 aromatic heterocycles. The van der Waals surface area contributed by atoms with Crippen molar-refractivity contribution >= 4 is 35.5 Å². The van der Waals surface area contributed by atoms with Gasteiger partial charge in [-0.15, -0.1) is 0 Å². The Kier molecular flexibility index (Phi) is 28.1. The number of aliphatic hydroxyl groups excluding tert-OH is 3. The average Bonchev–Trinajstić information content (AvgIpc) is 3.11. The molecule has 0 aromatic carbocycles. The Bertz CT molecular complexity index is 1080. The van der Waals surface area contributed by atoms with Gasteiger partial charge in [0.05, 0.1) is 18.8 Å². The summed E-state index contributed by atoms with van der Waals surface area (Å²) in [5, 5.41) is 50.6. The Morgan fingerprint density at radius 2 is 0.981 bits per heavy atom. The minimum Gasteiger partial charge on any atom is -0.480 e. The lowest BCUT2D eigenvalue weighted by Crippen LogP contribution is -2.63. The van der Waals surface area contributed by atoms with Crippen LogP contribution in [0.2, 0.25) is 0 Å². The fraction of sp³-hybridized carbons (Fsp3) is 0.833. The van der Waals surface area contributed by atoms with E-state index in [-0.39, 0.29) is 18.7 Å². The van der Waals surface area contributed by atoms with Crippen molar-refractivity contribution in [2.24, 2.45) is 11.5 Å². The van der Waals surface area contributed by atoms with Gasteiger partial charge in [-0.05, 0) is 46.1 Å². The number of carbonyl (C=O) groups is 6. The van der Waals surface area contributed by atoms with E-state index in [0.717, 1.165) is 19.3 Å². The summed E-state index contributed by atoms with van der Waals surface area (Å²) in [5.41, 5.74) is 11.2. The van der Waals surface area contributed by atoms with Crippen LogP contribution in [0.3, 0.4) is 0 Å². The van der Waals surface area contributed by atoms with E-state index >= 15 is 0 Å². The second-order valence-electron chi connectivity index (χ2n) is 13.7. The van der Waals surface area contributed by atoms with Crippen LogP contribution in [-0.2, 0) is 28.8 Å². The molecule has 0 rings (SSSR count). The van der Waals surface area contributed by atoms with E-state index in [1.54, 1.807) is 0 Å². The van der Waals surface area contributed by atoms with Crippen LogP contribution in [0.25, 0.3) is 0 Å². The summed E-state index contributed by atoms with van der Waals surface area (Å²) in [6.45, 7) is 3.56. The zero-order chi connectivity index (χ0) is 40.2. The largest absolute Gasteiger partial charge is 0.480 e. The number of nitrogens with one attached hydrogen (secondary N) is 5. The van der Waals surface area contributed by atoms with Crippen LogP contribution in [0.4, 0.5) is 0 Å². The predicted molar refractivity (Wildman–Crippen MR) is 200 cm³/mol. The summed E-state index contributed by atoms with van der Waals surface area (Å²) in [6.07, 6.45) is 13.7. The standard InChI is InChI=1S/C36H69N7O10/c1-4-5-6-7-8-9-10-11-12-13-14-15-16-20-29(47)39-26(19-17-18-21-37)32(48)42-31(25(3)46)35(51)43-30(24(2)45)34(50)40-27(22-38)33(49)41-28(23-44)36(52)53/h24-28,30-31,44-46H,4-23,37-38H2,1-3H3,(H,39,47)(H,40,50)(H,41,49)(H,42,48)(H,43,51)(H,52,53)/t24-,25-,26+,27+,28+,30+,31+/m1/s1. The van der Waals surface area contributed by atoms with E-state index < -0.39 is 85.2 Å². The Hall–Kier alpha value is -3.38. The highest BCUT2D eigenvalue weighted by Crippen LogP contribution is 2.13. The molecule has 5 amide bonds. The van der Waals surface area contributed by atoms with Gasteiger partial charge in [-0.2, -0.15) is 0 Å². The normalized spacial score (nSPS) is 15.2. The third-order valence-electron chi connectivity index (χ3n) is 8.90. The lowest BCUT2D eigenvalue weighted by atomic mass is 10.0. The van der Waals surface area contributed by atoms with Crippen molar-refractivity contribution in [1.82, 2.24) is 26.6 Å². The van der Waals surface area contributed by atoms with Crippen molar-refractivity contribution in [2.45, 2.75) is 172 Å². The molecule has 0 radical (unpaired) electrons. The molecule has 0 aliphatic heterocycles. The zero-order valence-corrected chi connectivity index (χ0v) is 32.1. The summed E-state index contributed by atoms with van der Waals surface area (Å²) < 4.78 is 0. The Balaban J connectivity index is 5.20. The van der Waals surface area contributed by atoms with Crippen LogP contribution in [0.1, 0.15) is 130 Å². The summed E-state index contributed by atoms with van der Waals surface area (Å²) in [7, 11) is 0. The average molecular weight is 760 g/mol. The number of unbranched alkanes of at least 4 members (excludes halogenated alkanes) is 13. The Morgan fingerprint density at radius 3 is 1.42 bits per heavy atom. The molecule has 0 unspecified atom stereocenters. The summed E-state index contributed by atoms with van der Waals surface area (Å²) in [5.74, 6) is -5.75. The number of aliphatic carboxylic acids is 1. The second-order valence-corrected chi connectivity index (χ2v) is 13.7. The maximum Gasteiger partial charge on any atom is 0.328 e. The summed E-state index contributed by atoms with van der Waals surface area (Å²) >= 11 is 0. The molecule has 0 spiro atoms. The lowest BCUT2D eigenvalue weighted by molar-refractivity contribution is -0.143. The van der Waals surface area contributed by atoms with Gasteiger partial charge in [0, 0.05) is 13.0 Å². The number of carboxylic acids is 1. The maximum atomic E-state index is 13.4. The molecular weight excluding hydrogens is 690 g/mol. The van der Waals surface area contributed by atoms with E-state index in [9.17, 15) is 39.0 Å². The van der Waals surface area contributed by atoms with E-state index in [1.165, 1.54) is 71.6 Å². The van der Waals surface area contributed by atoms with Crippen molar-refractivity contribution in [3.63, 3.8) is 0 Å². The van der Waals surface area contributed by atoms with Gasteiger partial charge >= 0.3 is 5.97 Å². The van der Waals surface area contributed by atoms with Crippen molar-refractivity contribution < 1.29 is 49.2 Å². The van der Waals surface area contributed by atoms with Crippen molar-refractivity contribution in [1.29, 1.82) is 0 Å². The van der Waals surface area contributed by atoms with E-state index in [4.69, 9.17) is 21.7 Å². The van der Waals surface area contributed by atoms with Gasteiger partial charge in [-0.25, -0.2) is 4.79 Å². The van der Waals surface area contributed by atoms with E-state index in [1.807, 2.05) is 5.32 Å². The monoisotopic (exact) mass is 760 g/mol. The number of carbonyl (C=O) groups excluding carboxylic acids is 5. The van der Waals surface area contributed by atoms with Gasteiger partial charge in [-0.1, -0.05) is 84.0 Å². The first-order valence-electron chi connectivity index (χ1n) is 19.3. The van der Waals surface area contributed by atoms with Gasteiger partial charge in [-0.3, -0.25) is 24.0 Å². The third kappa shape index (κ3) is 22.4. The molecule has 0 fully saturated rings. The molecule has 0 saturated carbocycles.